The standard InChI is InChI=1S/C10H6FNOS/c1-13-9-7-2-3-14-10(7)6(5-12)4-8(9)11/h2-4H,1H3. The summed E-state index contributed by atoms with van der Waals surface area (Å²) in [6, 6.07) is 4.92. The second kappa shape index (κ2) is 3.28. The van der Waals surface area contributed by atoms with Crippen LogP contribution >= 0.6 is 11.3 Å². The molecule has 0 unspecified atom stereocenters. The second-order valence-corrected chi connectivity index (χ2v) is 3.63. The summed E-state index contributed by atoms with van der Waals surface area (Å²) >= 11 is 1.41. The van der Waals surface area contributed by atoms with Crippen molar-refractivity contribution in [2.45, 2.75) is 0 Å². The van der Waals surface area contributed by atoms with Gasteiger partial charge in [0.2, 0.25) is 0 Å². The van der Waals surface area contributed by atoms with Crippen LogP contribution in [0.25, 0.3) is 10.1 Å². The fraction of sp³-hybridized carbons (Fsp3) is 0.100. The lowest BCUT2D eigenvalue weighted by Crippen LogP contribution is -1.90. The number of methoxy groups -OCH3 is 1. The Kier molecular flexibility index (Phi) is 2.10. The van der Waals surface area contributed by atoms with E-state index in [-0.39, 0.29) is 5.75 Å². The van der Waals surface area contributed by atoms with Gasteiger partial charge < -0.3 is 4.74 Å². The molecule has 0 bridgehead atoms. The van der Waals surface area contributed by atoms with Crippen LogP contribution in [0, 0.1) is 17.1 Å². The topological polar surface area (TPSA) is 33.0 Å². The van der Waals surface area contributed by atoms with Crippen molar-refractivity contribution < 1.29 is 9.13 Å². The average Bonchev–Trinajstić information content (AvgIpc) is 2.65. The summed E-state index contributed by atoms with van der Waals surface area (Å²) in [4.78, 5) is 0. The lowest BCUT2D eigenvalue weighted by Gasteiger charge is -2.03. The van der Waals surface area contributed by atoms with Gasteiger partial charge in [0.1, 0.15) is 6.07 Å². The third-order valence-corrected chi connectivity index (χ3v) is 2.91. The molecule has 0 radical (unpaired) electrons. The molecular formula is C10H6FNOS. The molecule has 2 nitrogen and oxygen atoms in total. The molecule has 0 aliphatic heterocycles. The number of nitrogens with zero attached hydrogens (tertiary/aromatic N) is 1. The van der Waals surface area contributed by atoms with Gasteiger partial charge in [-0.2, -0.15) is 5.26 Å². The Morgan fingerprint density at radius 3 is 3.00 bits per heavy atom. The van der Waals surface area contributed by atoms with Gasteiger partial charge >= 0.3 is 0 Å². The van der Waals surface area contributed by atoms with Crippen LogP contribution in [0.3, 0.4) is 0 Å². The predicted molar refractivity (Wildman–Crippen MR) is 53.1 cm³/mol. The molecule has 0 saturated heterocycles. The van der Waals surface area contributed by atoms with Crippen molar-refractivity contribution in [2.75, 3.05) is 7.11 Å². The van der Waals surface area contributed by atoms with Crippen LogP contribution in [0.5, 0.6) is 5.75 Å². The zero-order valence-corrected chi connectivity index (χ0v) is 8.19. The quantitative estimate of drug-likeness (QED) is 0.720. The monoisotopic (exact) mass is 207 g/mol. The van der Waals surface area contributed by atoms with Crippen LogP contribution in [-0.4, -0.2) is 7.11 Å². The van der Waals surface area contributed by atoms with E-state index in [1.54, 1.807) is 6.07 Å². The highest BCUT2D eigenvalue weighted by Crippen LogP contribution is 2.34. The molecule has 0 saturated carbocycles. The molecule has 0 spiro atoms. The highest BCUT2D eigenvalue weighted by molar-refractivity contribution is 7.17. The molecule has 0 aliphatic carbocycles. The van der Waals surface area contributed by atoms with E-state index in [0.29, 0.717) is 10.9 Å². The smallest absolute Gasteiger partial charge is 0.167 e. The number of hydrogen-bond acceptors (Lipinski definition) is 3. The number of rotatable bonds is 1. The molecular weight excluding hydrogens is 201 g/mol. The number of benzene rings is 1. The molecule has 14 heavy (non-hydrogen) atoms. The summed E-state index contributed by atoms with van der Waals surface area (Å²) in [7, 11) is 1.42. The second-order valence-electron chi connectivity index (χ2n) is 2.71. The summed E-state index contributed by atoms with van der Waals surface area (Å²) in [5.41, 5.74) is 0.355. The third-order valence-electron chi connectivity index (χ3n) is 1.97. The largest absolute Gasteiger partial charge is 0.493 e. The lowest BCUT2D eigenvalue weighted by molar-refractivity contribution is 0.392. The number of thiophene rings is 1. The SMILES string of the molecule is COc1c(F)cc(C#N)c2sccc12. The highest BCUT2D eigenvalue weighted by Gasteiger charge is 2.13. The van der Waals surface area contributed by atoms with Crippen molar-refractivity contribution in [1.29, 1.82) is 5.26 Å². The van der Waals surface area contributed by atoms with E-state index >= 15 is 0 Å². The summed E-state index contributed by atoms with van der Waals surface area (Å²) in [6.45, 7) is 0. The molecule has 2 aromatic rings. The number of ether oxygens (including phenoxy) is 1. The van der Waals surface area contributed by atoms with Crippen LogP contribution in [0.2, 0.25) is 0 Å². The van der Waals surface area contributed by atoms with Gasteiger partial charge in [0.05, 0.1) is 17.4 Å². The van der Waals surface area contributed by atoms with Crippen LogP contribution in [0.15, 0.2) is 17.5 Å². The molecule has 0 aliphatic rings. The van der Waals surface area contributed by atoms with E-state index in [1.165, 1.54) is 24.5 Å². The summed E-state index contributed by atoms with van der Waals surface area (Å²) in [5, 5.41) is 11.3. The number of fused-ring (bicyclic) bond motifs is 1. The average molecular weight is 207 g/mol. The summed E-state index contributed by atoms with van der Waals surface area (Å²) < 4.78 is 19.1. The van der Waals surface area contributed by atoms with Crippen molar-refractivity contribution in [3.8, 4) is 11.8 Å². The van der Waals surface area contributed by atoms with Gasteiger partial charge in [0, 0.05) is 5.39 Å². The molecule has 70 valence electrons. The van der Waals surface area contributed by atoms with Crippen molar-refractivity contribution >= 4 is 21.4 Å². The van der Waals surface area contributed by atoms with Gasteiger partial charge in [-0.1, -0.05) is 0 Å². The maximum absolute atomic E-state index is 13.4. The predicted octanol–water partition coefficient (Wildman–Crippen LogP) is 2.92. The number of halogens is 1. The zero-order chi connectivity index (χ0) is 10.1. The first-order chi connectivity index (χ1) is 6.77. The minimum Gasteiger partial charge on any atom is -0.493 e. The van der Waals surface area contributed by atoms with E-state index in [9.17, 15) is 4.39 Å². The Morgan fingerprint density at radius 1 is 1.57 bits per heavy atom. The van der Waals surface area contributed by atoms with E-state index in [1.807, 2.05) is 11.4 Å². The van der Waals surface area contributed by atoms with Gasteiger partial charge in [-0.3, -0.25) is 0 Å². The van der Waals surface area contributed by atoms with Gasteiger partial charge in [-0.25, -0.2) is 4.39 Å². The highest BCUT2D eigenvalue weighted by atomic mass is 32.1. The maximum atomic E-state index is 13.4. The Hall–Kier alpha value is -1.60. The molecule has 0 N–H and O–H groups in total. The van der Waals surface area contributed by atoms with Crippen molar-refractivity contribution in [1.82, 2.24) is 0 Å². The molecule has 1 aromatic heterocycles. The van der Waals surface area contributed by atoms with E-state index in [0.717, 1.165) is 4.70 Å². The first-order valence-corrected chi connectivity index (χ1v) is 4.79. The first kappa shape index (κ1) is 8.97. The third kappa shape index (κ3) is 1.14. The van der Waals surface area contributed by atoms with Crippen LogP contribution in [0.1, 0.15) is 5.56 Å². The Labute approximate surface area is 84.2 Å². The van der Waals surface area contributed by atoms with E-state index in [4.69, 9.17) is 10.00 Å². The van der Waals surface area contributed by atoms with Gasteiger partial charge in [0.25, 0.3) is 0 Å². The molecule has 1 aromatic carbocycles. The van der Waals surface area contributed by atoms with Crippen molar-refractivity contribution in [3.63, 3.8) is 0 Å². The minimum atomic E-state index is -0.491. The molecule has 4 heteroatoms. The Morgan fingerprint density at radius 2 is 2.36 bits per heavy atom. The fourth-order valence-electron chi connectivity index (χ4n) is 1.37. The van der Waals surface area contributed by atoms with Crippen LogP contribution in [-0.2, 0) is 0 Å². The molecule has 0 fully saturated rings. The van der Waals surface area contributed by atoms with Crippen molar-refractivity contribution in [3.05, 3.63) is 28.9 Å². The van der Waals surface area contributed by atoms with Crippen molar-refractivity contribution in [2.24, 2.45) is 0 Å². The minimum absolute atomic E-state index is 0.209. The number of hydrogen-bond donors (Lipinski definition) is 0. The first-order valence-electron chi connectivity index (χ1n) is 3.91. The van der Waals surface area contributed by atoms with Crippen LogP contribution < -0.4 is 4.74 Å². The fourth-order valence-corrected chi connectivity index (χ4v) is 2.23. The van der Waals surface area contributed by atoms with Gasteiger partial charge in [-0.15, -0.1) is 11.3 Å². The lowest BCUT2D eigenvalue weighted by atomic mass is 10.1. The van der Waals surface area contributed by atoms with Gasteiger partial charge in [-0.05, 0) is 17.5 Å². The summed E-state index contributed by atoms with van der Waals surface area (Å²) in [5.74, 6) is -0.282. The van der Waals surface area contributed by atoms with Gasteiger partial charge in [0.15, 0.2) is 11.6 Å². The maximum Gasteiger partial charge on any atom is 0.167 e. The molecule has 0 atom stereocenters. The molecule has 2 rings (SSSR count). The molecule has 0 amide bonds. The van der Waals surface area contributed by atoms with Crippen LogP contribution in [0.4, 0.5) is 4.39 Å². The number of nitriles is 1. The summed E-state index contributed by atoms with van der Waals surface area (Å²) in [6.07, 6.45) is 0. The zero-order valence-electron chi connectivity index (χ0n) is 7.37. The van der Waals surface area contributed by atoms with E-state index < -0.39 is 5.82 Å². The Balaban J connectivity index is 2.90. The van der Waals surface area contributed by atoms with E-state index in [2.05, 4.69) is 0 Å². The molecule has 1 heterocycles. The Bertz CT molecular complexity index is 527. The normalized spacial score (nSPS) is 10.1.